The molecule has 124 valence electrons. The van der Waals surface area contributed by atoms with Crippen LogP contribution in [0.5, 0.6) is 0 Å². The highest BCUT2D eigenvalue weighted by atomic mass is 16.5. The first-order valence-electron chi connectivity index (χ1n) is 7.91. The normalized spacial score (nSPS) is 10.6. The fraction of sp³-hybridized carbons (Fsp3) is 0.200. The van der Waals surface area contributed by atoms with Gasteiger partial charge in [0.2, 0.25) is 5.91 Å². The summed E-state index contributed by atoms with van der Waals surface area (Å²) in [5, 5.41) is 2.74. The number of aryl methyl sites for hydroxylation is 1. The second-order valence-corrected chi connectivity index (χ2v) is 5.45. The summed E-state index contributed by atoms with van der Waals surface area (Å²) in [6.45, 7) is 4.33. The molecule has 0 atom stereocenters. The maximum absolute atomic E-state index is 12.0. The Hall–Kier alpha value is -2.88. The zero-order valence-corrected chi connectivity index (χ0v) is 13.9. The molecule has 0 saturated heterocycles. The lowest BCUT2D eigenvalue weighted by molar-refractivity contribution is -0.111. The SMILES string of the molecule is CCCOC(=O)c1cccc(NC(=O)/C=C/c2ccc(C)cc2)c1. The summed E-state index contributed by atoms with van der Waals surface area (Å²) in [6.07, 6.45) is 3.98. The molecule has 0 unspecified atom stereocenters. The van der Waals surface area contributed by atoms with Gasteiger partial charge in [0.05, 0.1) is 12.2 Å². The zero-order chi connectivity index (χ0) is 17.4. The Morgan fingerprint density at radius 2 is 1.88 bits per heavy atom. The van der Waals surface area contributed by atoms with Crippen LogP contribution in [0.15, 0.2) is 54.6 Å². The summed E-state index contributed by atoms with van der Waals surface area (Å²) in [4.78, 5) is 23.8. The number of carbonyl (C=O) groups excluding carboxylic acids is 2. The average molecular weight is 323 g/mol. The summed E-state index contributed by atoms with van der Waals surface area (Å²) >= 11 is 0. The Labute approximate surface area is 142 Å². The Balaban J connectivity index is 1.98. The highest BCUT2D eigenvalue weighted by Gasteiger charge is 2.08. The molecule has 2 rings (SSSR count). The molecule has 0 heterocycles. The zero-order valence-electron chi connectivity index (χ0n) is 13.9. The number of esters is 1. The Morgan fingerprint density at radius 1 is 1.12 bits per heavy atom. The van der Waals surface area contributed by atoms with Gasteiger partial charge in [-0.2, -0.15) is 0 Å². The number of anilines is 1. The van der Waals surface area contributed by atoms with Crippen LogP contribution in [0.25, 0.3) is 6.08 Å². The van der Waals surface area contributed by atoms with Crippen LogP contribution in [0.3, 0.4) is 0 Å². The fourth-order valence-corrected chi connectivity index (χ4v) is 2.04. The molecule has 24 heavy (non-hydrogen) atoms. The minimum atomic E-state index is -0.386. The quantitative estimate of drug-likeness (QED) is 0.640. The largest absolute Gasteiger partial charge is 0.462 e. The summed E-state index contributed by atoms with van der Waals surface area (Å²) in [5.41, 5.74) is 3.10. The van der Waals surface area contributed by atoms with Crippen molar-refractivity contribution < 1.29 is 14.3 Å². The van der Waals surface area contributed by atoms with Crippen molar-refractivity contribution in [3.63, 3.8) is 0 Å². The predicted molar refractivity (Wildman–Crippen MR) is 95.9 cm³/mol. The van der Waals surface area contributed by atoms with E-state index in [1.54, 1.807) is 30.3 Å². The first-order chi connectivity index (χ1) is 11.6. The maximum Gasteiger partial charge on any atom is 0.338 e. The van der Waals surface area contributed by atoms with E-state index in [0.717, 1.165) is 12.0 Å². The molecule has 0 spiro atoms. The van der Waals surface area contributed by atoms with Gasteiger partial charge in [-0.1, -0.05) is 42.8 Å². The van der Waals surface area contributed by atoms with Gasteiger partial charge >= 0.3 is 5.97 Å². The molecule has 0 bridgehead atoms. The molecule has 4 heteroatoms. The summed E-state index contributed by atoms with van der Waals surface area (Å²) in [7, 11) is 0. The smallest absolute Gasteiger partial charge is 0.338 e. The minimum Gasteiger partial charge on any atom is -0.462 e. The molecule has 0 aliphatic rings. The molecule has 1 amide bonds. The number of nitrogens with one attached hydrogen (secondary N) is 1. The van der Waals surface area contributed by atoms with E-state index in [4.69, 9.17) is 4.74 Å². The van der Waals surface area contributed by atoms with Crippen LogP contribution in [0.4, 0.5) is 5.69 Å². The maximum atomic E-state index is 12.0. The Morgan fingerprint density at radius 3 is 2.58 bits per heavy atom. The second-order valence-electron chi connectivity index (χ2n) is 5.45. The minimum absolute atomic E-state index is 0.255. The molecule has 2 aromatic rings. The van der Waals surface area contributed by atoms with Crippen LogP contribution in [-0.4, -0.2) is 18.5 Å². The number of ether oxygens (including phenoxy) is 1. The van der Waals surface area contributed by atoms with Crippen LogP contribution in [-0.2, 0) is 9.53 Å². The van der Waals surface area contributed by atoms with E-state index in [1.165, 1.54) is 11.6 Å². The van der Waals surface area contributed by atoms with E-state index in [0.29, 0.717) is 17.9 Å². The third kappa shape index (κ3) is 5.39. The molecule has 0 aliphatic heterocycles. The van der Waals surface area contributed by atoms with Gasteiger partial charge in [0.1, 0.15) is 0 Å². The van der Waals surface area contributed by atoms with Gasteiger partial charge in [-0.25, -0.2) is 4.79 Å². The third-order valence-electron chi connectivity index (χ3n) is 3.31. The lowest BCUT2D eigenvalue weighted by atomic mass is 10.1. The Kier molecular flexibility index (Phi) is 6.32. The number of carbonyl (C=O) groups is 2. The van der Waals surface area contributed by atoms with Gasteiger partial charge in [0.25, 0.3) is 0 Å². The number of rotatable bonds is 6. The lowest BCUT2D eigenvalue weighted by Crippen LogP contribution is -2.10. The predicted octanol–water partition coefficient (Wildman–Crippen LogP) is 4.21. The van der Waals surface area contributed by atoms with Crippen LogP contribution in [0.2, 0.25) is 0 Å². The standard InChI is InChI=1S/C20H21NO3/c1-3-13-24-20(23)17-5-4-6-18(14-17)21-19(22)12-11-16-9-7-15(2)8-10-16/h4-12,14H,3,13H2,1-2H3,(H,21,22)/b12-11+. The van der Waals surface area contributed by atoms with Crippen molar-refractivity contribution in [2.75, 3.05) is 11.9 Å². The van der Waals surface area contributed by atoms with Gasteiger partial charge in [0, 0.05) is 11.8 Å². The van der Waals surface area contributed by atoms with Crippen molar-refractivity contribution in [3.05, 3.63) is 71.3 Å². The molecule has 0 saturated carbocycles. The molecule has 0 fully saturated rings. The summed E-state index contributed by atoms with van der Waals surface area (Å²) in [6, 6.07) is 14.6. The molecule has 0 aromatic heterocycles. The molecule has 1 N–H and O–H groups in total. The highest BCUT2D eigenvalue weighted by Crippen LogP contribution is 2.12. The van der Waals surface area contributed by atoms with Crippen molar-refractivity contribution in [3.8, 4) is 0 Å². The van der Waals surface area contributed by atoms with Gasteiger partial charge in [-0.15, -0.1) is 0 Å². The molecular formula is C20H21NO3. The monoisotopic (exact) mass is 323 g/mol. The van der Waals surface area contributed by atoms with E-state index in [2.05, 4.69) is 5.32 Å². The van der Waals surface area contributed by atoms with Crippen LogP contribution in [0, 0.1) is 6.92 Å². The fourth-order valence-electron chi connectivity index (χ4n) is 2.04. The van der Waals surface area contributed by atoms with E-state index in [1.807, 2.05) is 38.1 Å². The van der Waals surface area contributed by atoms with Crippen LogP contribution >= 0.6 is 0 Å². The van der Waals surface area contributed by atoms with E-state index >= 15 is 0 Å². The van der Waals surface area contributed by atoms with E-state index < -0.39 is 0 Å². The van der Waals surface area contributed by atoms with E-state index in [9.17, 15) is 9.59 Å². The first-order valence-corrected chi connectivity index (χ1v) is 7.91. The van der Waals surface area contributed by atoms with E-state index in [-0.39, 0.29) is 11.9 Å². The number of amides is 1. The molecule has 0 radical (unpaired) electrons. The molecular weight excluding hydrogens is 302 g/mol. The van der Waals surface area contributed by atoms with Gasteiger partial charge in [-0.3, -0.25) is 4.79 Å². The summed E-state index contributed by atoms with van der Waals surface area (Å²) in [5.74, 6) is -0.641. The topological polar surface area (TPSA) is 55.4 Å². The van der Waals surface area contributed by atoms with Crippen molar-refractivity contribution in [1.82, 2.24) is 0 Å². The highest BCUT2D eigenvalue weighted by molar-refractivity contribution is 6.02. The average Bonchev–Trinajstić information content (AvgIpc) is 2.59. The van der Waals surface area contributed by atoms with Crippen molar-refractivity contribution >= 4 is 23.6 Å². The molecule has 0 aliphatic carbocycles. The van der Waals surface area contributed by atoms with Gasteiger partial charge in [0.15, 0.2) is 0 Å². The van der Waals surface area contributed by atoms with Gasteiger partial charge < -0.3 is 10.1 Å². The lowest BCUT2D eigenvalue weighted by Gasteiger charge is -2.06. The number of hydrogen-bond acceptors (Lipinski definition) is 3. The molecule has 2 aromatic carbocycles. The Bertz CT molecular complexity index is 733. The van der Waals surface area contributed by atoms with Crippen LogP contribution < -0.4 is 5.32 Å². The van der Waals surface area contributed by atoms with Crippen molar-refractivity contribution in [2.45, 2.75) is 20.3 Å². The molecule has 4 nitrogen and oxygen atoms in total. The number of benzene rings is 2. The second kappa shape index (κ2) is 8.67. The van der Waals surface area contributed by atoms with Crippen molar-refractivity contribution in [2.24, 2.45) is 0 Å². The van der Waals surface area contributed by atoms with Crippen LogP contribution in [0.1, 0.15) is 34.8 Å². The number of hydrogen-bond donors (Lipinski definition) is 1. The summed E-state index contributed by atoms with van der Waals surface area (Å²) < 4.78 is 5.09. The first kappa shape index (κ1) is 17.5. The van der Waals surface area contributed by atoms with Gasteiger partial charge in [-0.05, 0) is 43.2 Å². The third-order valence-corrected chi connectivity index (χ3v) is 3.31. The van der Waals surface area contributed by atoms with Crippen molar-refractivity contribution in [1.29, 1.82) is 0 Å².